The summed E-state index contributed by atoms with van der Waals surface area (Å²) in [5, 5.41) is 4.12. The second-order valence-corrected chi connectivity index (χ2v) is 10.6. The molecule has 2 aromatic carbocycles. The number of nitrogens with zero attached hydrogens (tertiary/aromatic N) is 3. The number of aliphatic imine (C=N–C) groups is 1. The molecule has 1 saturated heterocycles. The van der Waals surface area contributed by atoms with E-state index in [0.29, 0.717) is 5.04 Å². The Labute approximate surface area is 236 Å². The van der Waals surface area contributed by atoms with E-state index in [1.165, 1.54) is 26.2 Å². The van der Waals surface area contributed by atoms with Crippen molar-refractivity contribution in [3.8, 4) is 5.75 Å². The number of para-hydroxylation sites is 1. The molecule has 9 nitrogen and oxygen atoms in total. The molecule has 2 heterocycles. The van der Waals surface area contributed by atoms with Crippen LogP contribution in [0.2, 0.25) is 0 Å². The quantitative estimate of drug-likeness (QED) is 0.327. The highest BCUT2D eigenvalue weighted by atomic mass is 32.2. The van der Waals surface area contributed by atoms with E-state index in [1.54, 1.807) is 18.0 Å². The molecule has 40 heavy (non-hydrogen) atoms. The maximum atomic E-state index is 15.1. The number of thioether (sulfide) groups is 1. The van der Waals surface area contributed by atoms with E-state index >= 15 is 4.39 Å². The van der Waals surface area contributed by atoms with Gasteiger partial charge in [-0.1, -0.05) is 18.2 Å². The molecule has 0 aliphatic carbocycles. The molecule has 0 radical (unpaired) electrons. The Bertz CT molecular complexity index is 1460. The van der Waals surface area contributed by atoms with Gasteiger partial charge >= 0.3 is 0 Å². The van der Waals surface area contributed by atoms with E-state index in [4.69, 9.17) is 9.47 Å². The number of pyridine rings is 1. The van der Waals surface area contributed by atoms with Gasteiger partial charge < -0.3 is 19.7 Å². The smallest absolute Gasteiger partial charge is 0.254 e. The van der Waals surface area contributed by atoms with Gasteiger partial charge in [0, 0.05) is 62.8 Å². The molecule has 1 fully saturated rings. The largest absolute Gasteiger partial charge is 0.489 e. The molecule has 1 aromatic heterocycles. The molecule has 3 aromatic rings. The summed E-state index contributed by atoms with van der Waals surface area (Å²) in [6.45, 7) is 3.84. The van der Waals surface area contributed by atoms with Crippen LogP contribution in [0.4, 0.5) is 4.39 Å². The first-order chi connectivity index (χ1) is 19.2. The third-order valence-corrected chi connectivity index (χ3v) is 7.53. The Balaban J connectivity index is 1.48. The van der Waals surface area contributed by atoms with Crippen LogP contribution in [0.5, 0.6) is 5.75 Å². The minimum absolute atomic E-state index is 0.114. The average Bonchev–Trinajstić information content (AvgIpc) is 3.33. The number of nitrogens with one attached hydrogen (secondary N) is 1. The molecule has 210 valence electrons. The van der Waals surface area contributed by atoms with Crippen LogP contribution in [0.25, 0.3) is 10.9 Å². The third-order valence-electron chi connectivity index (χ3n) is 6.55. The van der Waals surface area contributed by atoms with Crippen molar-refractivity contribution in [2.24, 2.45) is 10.9 Å². The van der Waals surface area contributed by atoms with Crippen LogP contribution in [0, 0.1) is 18.7 Å². The van der Waals surface area contributed by atoms with Crippen molar-refractivity contribution in [2.45, 2.75) is 26.5 Å². The Morgan fingerprint density at radius 2 is 1.95 bits per heavy atom. The van der Waals surface area contributed by atoms with Crippen molar-refractivity contribution in [2.75, 3.05) is 33.9 Å². The summed E-state index contributed by atoms with van der Waals surface area (Å²) in [6, 6.07) is 13.2. The standard InChI is InChI=1S/C29H31FN4O5S/c1-17-11-19(21-7-5-6-8-25(21)32-17)15-39-20-9-10-22(24(30)12-20)28(37)33-26-14-34(27(36)16-38-4)13-23(26)29(31-3)40-18(2)35/h5-12,23,26H,13-16H2,1-4H3,(H,33,37). The lowest BCUT2D eigenvalue weighted by Gasteiger charge is -2.20. The lowest BCUT2D eigenvalue weighted by molar-refractivity contribution is -0.134. The first kappa shape index (κ1) is 29.2. The number of hydrogen-bond acceptors (Lipinski definition) is 8. The van der Waals surface area contributed by atoms with Gasteiger partial charge in [-0.3, -0.25) is 24.4 Å². The number of aryl methyl sites for hydroxylation is 1. The van der Waals surface area contributed by atoms with Crippen LogP contribution in [-0.2, 0) is 20.9 Å². The van der Waals surface area contributed by atoms with E-state index in [1.807, 2.05) is 37.3 Å². The molecule has 0 saturated carbocycles. The summed E-state index contributed by atoms with van der Waals surface area (Å²) in [5.74, 6) is -1.78. The third kappa shape index (κ3) is 6.83. The number of carbonyl (C=O) groups is 3. The molecule has 4 rings (SSSR count). The molecule has 0 bridgehead atoms. The lowest BCUT2D eigenvalue weighted by Crippen LogP contribution is -2.43. The van der Waals surface area contributed by atoms with Crippen molar-refractivity contribution in [1.82, 2.24) is 15.2 Å². The van der Waals surface area contributed by atoms with E-state index < -0.39 is 23.7 Å². The molecular formula is C29H31FN4O5S. The number of methoxy groups -OCH3 is 1. The number of halogens is 1. The zero-order valence-electron chi connectivity index (χ0n) is 22.8. The molecule has 2 amide bonds. The second-order valence-electron chi connectivity index (χ2n) is 9.44. The van der Waals surface area contributed by atoms with Crippen molar-refractivity contribution < 1.29 is 28.2 Å². The minimum Gasteiger partial charge on any atom is -0.489 e. The number of carbonyl (C=O) groups excluding carboxylic acids is 3. The Kier molecular flexibility index (Phi) is 9.49. The average molecular weight is 567 g/mol. The van der Waals surface area contributed by atoms with Crippen molar-refractivity contribution in [1.29, 1.82) is 0 Å². The zero-order chi connectivity index (χ0) is 28.8. The SMILES string of the molecule is CN=C(SC(C)=O)C1CN(C(=O)COC)CC1NC(=O)c1ccc(OCc2cc(C)nc3ccccc23)cc1F. The van der Waals surface area contributed by atoms with E-state index in [9.17, 15) is 14.4 Å². The first-order valence-corrected chi connectivity index (χ1v) is 13.5. The summed E-state index contributed by atoms with van der Waals surface area (Å²) in [5.41, 5.74) is 2.46. The topological polar surface area (TPSA) is 110 Å². The summed E-state index contributed by atoms with van der Waals surface area (Å²) >= 11 is 0.957. The monoisotopic (exact) mass is 566 g/mol. The van der Waals surface area contributed by atoms with E-state index in [2.05, 4.69) is 15.3 Å². The number of aromatic nitrogens is 1. The van der Waals surface area contributed by atoms with Crippen molar-refractivity contribution in [3.05, 3.63) is 71.2 Å². The number of hydrogen-bond donors (Lipinski definition) is 1. The first-order valence-electron chi connectivity index (χ1n) is 12.7. The fourth-order valence-corrected chi connectivity index (χ4v) is 5.52. The zero-order valence-corrected chi connectivity index (χ0v) is 23.6. The highest BCUT2D eigenvalue weighted by Gasteiger charge is 2.39. The van der Waals surface area contributed by atoms with Crippen molar-refractivity contribution in [3.63, 3.8) is 0 Å². The summed E-state index contributed by atoms with van der Waals surface area (Å²) in [4.78, 5) is 47.7. The van der Waals surface area contributed by atoms with Gasteiger partial charge in [-0.25, -0.2) is 4.39 Å². The molecule has 2 unspecified atom stereocenters. The van der Waals surface area contributed by atoms with Gasteiger partial charge in [-0.15, -0.1) is 0 Å². The maximum absolute atomic E-state index is 15.1. The minimum atomic E-state index is -0.741. The molecular weight excluding hydrogens is 535 g/mol. The van der Waals surface area contributed by atoms with E-state index in [0.717, 1.165) is 33.9 Å². The number of benzene rings is 2. The summed E-state index contributed by atoms with van der Waals surface area (Å²) in [7, 11) is 2.98. The number of amides is 2. The highest BCUT2D eigenvalue weighted by molar-refractivity contribution is 8.26. The van der Waals surface area contributed by atoms with Gasteiger partial charge in [0.25, 0.3) is 5.91 Å². The van der Waals surface area contributed by atoms with Crippen LogP contribution in [0.15, 0.2) is 53.5 Å². The number of fused-ring (bicyclic) bond motifs is 1. The fraction of sp³-hybridized carbons (Fsp3) is 0.345. The Morgan fingerprint density at radius 1 is 1.18 bits per heavy atom. The van der Waals surface area contributed by atoms with Crippen LogP contribution >= 0.6 is 11.8 Å². The van der Waals surface area contributed by atoms with Gasteiger partial charge in [-0.05, 0) is 43.0 Å². The Morgan fingerprint density at radius 3 is 2.65 bits per heavy atom. The Hall–Kier alpha value is -3.83. The normalized spacial score (nSPS) is 17.2. The van der Waals surface area contributed by atoms with Gasteiger partial charge in [0.05, 0.1) is 22.2 Å². The molecule has 0 spiro atoms. The van der Waals surface area contributed by atoms with Crippen LogP contribution in [-0.4, -0.2) is 71.8 Å². The predicted molar refractivity (Wildman–Crippen MR) is 152 cm³/mol. The maximum Gasteiger partial charge on any atom is 0.254 e. The van der Waals surface area contributed by atoms with Gasteiger partial charge in [0.2, 0.25) is 5.91 Å². The predicted octanol–water partition coefficient (Wildman–Crippen LogP) is 3.77. The van der Waals surface area contributed by atoms with Gasteiger partial charge in [0.15, 0.2) is 5.12 Å². The van der Waals surface area contributed by atoms with Crippen LogP contribution in [0.1, 0.15) is 28.5 Å². The number of likely N-dealkylation sites (tertiary alicyclic amines) is 1. The number of ether oxygens (including phenoxy) is 2. The van der Waals surface area contributed by atoms with Gasteiger partial charge in [0.1, 0.15) is 24.8 Å². The molecule has 11 heteroatoms. The fourth-order valence-electron chi connectivity index (χ4n) is 4.74. The lowest BCUT2D eigenvalue weighted by atomic mass is 10.0. The van der Waals surface area contributed by atoms with Gasteiger partial charge in [-0.2, -0.15) is 0 Å². The highest BCUT2D eigenvalue weighted by Crippen LogP contribution is 2.27. The summed E-state index contributed by atoms with van der Waals surface area (Å²) in [6.07, 6.45) is 0. The van der Waals surface area contributed by atoms with E-state index in [-0.39, 0.29) is 48.6 Å². The molecule has 1 aliphatic rings. The van der Waals surface area contributed by atoms with Crippen LogP contribution in [0.3, 0.4) is 0 Å². The molecule has 2 atom stereocenters. The molecule has 1 N–H and O–H groups in total. The van der Waals surface area contributed by atoms with Crippen molar-refractivity contribution >= 4 is 44.6 Å². The second kappa shape index (κ2) is 13.0. The van der Waals surface area contributed by atoms with Crippen LogP contribution < -0.4 is 10.1 Å². The molecule has 1 aliphatic heterocycles. The summed E-state index contributed by atoms with van der Waals surface area (Å²) < 4.78 is 25.9. The number of rotatable bonds is 8.